The number of carbonyl (C=O) groups excluding carboxylic acids is 1. The Labute approximate surface area is 135 Å². The van der Waals surface area contributed by atoms with Gasteiger partial charge >= 0.3 is 5.97 Å². The molecule has 0 saturated carbocycles. The highest BCUT2D eigenvalue weighted by atomic mass is 16.5. The highest BCUT2D eigenvalue weighted by molar-refractivity contribution is 6.02. The van der Waals surface area contributed by atoms with Gasteiger partial charge in [0, 0.05) is 16.7 Å². The number of benzene rings is 3. The van der Waals surface area contributed by atoms with E-state index in [1.807, 2.05) is 30.3 Å². The van der Waals surface area contributed by atoms with Gasteiger partial charge in [-0.25, -0.2) is 4.79 Å². The largest absolute Gasteiger partial charge is 0.449 e. The Kier molecular flexibility index (Phi) is 3.05. The van der Waals surface area contributed by atoms with Gasteiger partial charge in [-0.2, -0.15) is 0 Å². The van der Waals surface area contributed by atoms with Gasteiger partial charge in [-0.05, 0) is 28.8 Å². The molecule has 3 aromatic rings. The topological polar surface area (TPSA) is 26.3 Å². The molecule has 0 amide bonds. The summed E-state index contributed by atoms with van der Waals surface area (Å²) in [6.07, 6.45) is -0.366. The van der Waals surface area contributed by atoms with Crippen molar-refractivity contribution in [2.75, 3.05) is 0 Å². The average Bonchev–Trinajstić information content (AvgIpc) is 2.89. The first-order valence-electron chi connectivity index (χ1n) is 7.64. The van der Waals surface area contributed by atoms with Gasteiger partial charge in [0.25, 0.3) is 0 Å². The highest BCUT2D eigenvalue weighted by Crippen LogP contribution is 2.48. The zero-order valence-electron chi connectivity index (χ0n) is 12.9. The summed E-state index contributed by atoms with van der Waals surface area (Å²) in [5.74, 6) is -0.356. The van der Waals surface area contributed by atoms with E-state index in [0.29, 0.717) is 5.57 Å². The van der Waals surface area contributed by atoms with Crippen molar-refractivity contribution in [2.45, 2.75) is 13.0 Å². The minimum absolute atomic E-state index is 0.356. The maximum absolute atomic E-state index is 12.1. The molecule has 0 fully saturated rings. The Balaban J connectivity index is 1.97. The van der Waals surface area contributed by atoms with Crippen molar-refractivity contribution in [3.8, 4) is 11.1 Å². The lowest BCUT2D eigenvalue weighted by Gasteiger charge is -2.15. The van der Waals surface area contributed by atoms with E-state index in [1.54, 1.807) is 6.92 Å². The zero-order chi connectivity index (χ0) is 16.0. The Morgan fingerprint density at radius 1 is 0.957 bits per heavy atom. The SMILES string of the molecule is C=C(C)C(=O)OC1c2ccccc2-c2c1ccc1ccccc21. The summed E-state index contributed by atoms with van der Waals surface area (Å²) in [7, 11) is 0. The van der Waals surface area contributed by atoms with E-state index in [-0.39, 0.29) is 12.1 Å². The zero-order valence-corrected chi connectivity index (χ0v) is 12.9. The van der Waals surface area contributed by atoms with Gasteiger partial charge in [-0.3, -0.25) is 0 Å². The number of ether oxygens (including phenoxy) is 1. The number of hydrogen-bond donors (Lipinski definition) is 0. The summed E-state index contributed by atoms with van der Waals surface area (Å²) in [5, 5.41) is 2.37. The Bertz CT molecular complexity index is 953. The van der Waals surface area contributed by atoms with Crippen LogP contribution < -0.4 is 0 Å². The summed E-state index contributed by atoms with van der Waals surface area (Å²) in [4.78, 5) is 12.1. The second-order valence-corrected chi connectivity index (χ2v) is 5.90. The summed E-state index contributed by atoms with van der Waals surface area (Å²) < 4.78 is 5.74. The lowest BCUT2D eigenvalue weighted by molar-refractivity contribution is -0.142. The van der Waals surface area contributed by atoms with E-state index >= 15 is 0 Å². The summed E-state index contributed by atoms with van der Waals surface area (Å²) in [6, 6.07) is 20.6. The first-order valence-corrected chi connectivity index (χ1v) is 7.64. The van der Waals surface area contributed by atoms with Crippen molar-refractivity contribution in [3.63, 3.8) is 0 Å². The van der Waals surface area contributed by atoms with Crippen LogP contribution in [0, 0.1) is 0 Å². The van der Waals surface area contributed by atoms with E-state index in [0.717, 1.165) is 16.7 Å². The van der Waals surface area contributed by atoms with Crippen molar-refractivity contribution in [1.29, 1.82) is 0 Å². The number of fused-ring (bicyclic) bond motifs is 5. The molecule has 2 nitrogen and oxygen atoms in total. The third-order valence-corrected chi connectivity index (χ3v) is 4.33. The van der Waals surface area contributed by atoms with Crippen molar-refractivity contribution >= 4 is 16.7 Å². The van der Waals surface area contributed by atoms with Gasteiger partial charge in [0.2, 0.25) is 0 Å². The minimum Gasteiger partial charge on any atom is -0.449 e. The molecule has 23 heavy (non-hydrogen) atoms. The van der Waals surface area contributed by atoms with Crippen LogP contribution in [0.1, 0.15) is 24.2 Å². The Morgan fingerprint density at radius 3 is 2.52 bits per heavy atom. The molecular weight excluding hydrogens is 284 g/mol. The molecule has 0 radical (unpaired) electrons. The predicted octanol–water partition coefficient (Wildman–Crippen LogP) is 5.03. The van der Waals surface area contributed by atoms with Crippen molar-refractivity contribution in [3.05, 3.63) is 83.9 Å². The summed E-state index contributed by atoms with van der Waals surface area (Å²) in [6.45, 7) is 5.36. The molecule has 3 aromatic carbocycles. The fraction of sp³-hybridized carbons (Fsp3) is 0.0952. The number of hydrogen-bond acceptors (Lipinski definition) is 2. The van der Waals surface area contributed by atoms with Crippen LogP contribution in [0.4, 0.5) is 0 Å². The molecule has 0 heterocycles. The second-order valence-electron chi connectivity index (χ2n) is 5.90. The molecule has 0 aromatic heterocycles. The predicted molar refractivity (Wildman–Crippen MR) is 92.1 cm³/mol. The molecule has 4 rings (SSSR count). The monoisotopic (exact) mass is 300 g/mol. The fourth-order valence-electron chi connectivity index (χ4n) is 3.26. The lowest BCUT2D eigenvalue weighted by Crippen LogP contribution is -2.11. The van der Waals surface area contributed by atoms with Gasteiger partial charge in [-0.1, -0.05) is 67.2 Å². The van der Waals surface area contributed by atoms with Gasteiger partial charge in [-0.15, -0.1) is 0 Å². The normalized spacial score (nSPS) is 15.1. The average molecular weight is 300 g/mol. The maximum Gasteiger partial charge on any atom is 0.334 e. The van der Waals surface area contributed by atoms with Crippen molar-refractivity contribution < 1.29 is 9.53 Å². The standard InChI is InChI=1S/C21H16O2/c1-13(2)21(22)23-20-17-10-6-5-9-16(17)19-15-8-4-3-7-14(15)11-12-18(19)20/h3-12,20H,1H2,2H3. The molecule has 1 atom stereocenters. The molecule has 0 aliphatic heterocycles. The molecular formula is C21H16O2. The van der Waals surface area contributed by atoms with Crippen LogP contribution in [-0.2, 0) is 9.53 Å². The van der Waals surface area contributed by atoms with E-state index in [9.17, 15) is 4.79 Å². The minimum atomic E-state index is -0.366. The van der Waals surface area contributed by atoms with Crippen LogP contribution in [0.25, 0.3) is 21.9 Å². The van der Waals surface area contributed by atoms with Gasteiger partial charge in [0.05, 0.1) is 0 Å². The molecule has 0 N–H and O–H groups in total. The quantitative estimate of drug-likeness (QED) is 0.490. The van der Waals surface area contributed by atoms with Crippen LogP contribution in [0.3, 0.4) is 0 Å². The van der Waals surface area contributed by atoms with E-state index < -0.39 is 0 Å². The van der Waals surface area contributed by atoms with E-state index in [4.69, 9.17) is 4.74 Å². The van der Waals surface area contributed by atoms with Crippen LogP contribution >= 0.6 is 0 Å². The first-order chi connectivity index (χ1) is 11.2. The fourth-order valence-corrected chi connectivity index (χ4v) is 3.26. The van der Waals surface area contributed by atoms with Crippen molar-refractivity contribution in [2.24, 2.45) is 0 Å². The molecule has 1 aliphatic carbocycles. The number of esters is 1. The Morgan fingerprint density at radius 2 is 1.70 bits per heavy atom. The highest BCUT2D eigenvalue weighted by Gasteiger charge is 2.32. The number of carbonyl (C=O) groups is 1. The second kappa shape index (κ2) is 5.10. The van der Waals surface area contributed by atoms with Crippen LogP contribution in [-0.4, -0.2) is 5.97 Å². The molecule has 1 aliphatic rings. The summed E-state index contributed by atoms with van der Waals surface area (Å²) in [5.41, 5.74) is 4.79. The molecule has 0 spiro atoms. The molecule has 1 unspecified atom stereocenters. The van der Waals surface area contributed by atoms with Crippen LogP contribution in [0.15, 0.2) is 72.8 Å². The molecule has 0 saturated heterocycles. The molecule has 112 valence electrons. The molecule has 0 bridgehead atoms. The van der Waals surface area contributed by atoms with Gasteiger partial charge in [0.15, 0.2) is 6.10 Å². The third-order valence-electron chi connectivity index (χ3n) is 4.33. The summed E-state index contributed by atoms with van der Waals surface area (Å²) >= 11 is 0. The first kappa shape index (κ1) is 13.8. The Hall–Kier alpha value is -2.87. The number of rotatable bonds is 2. The molecule has 2 heteroatoms. The van der Waals surface area contributed by atoms with Crippen LogP contribution in [0.5, 0.6) is 0 Å². The van der Waals surface area contributed by atoms with Gasteiger partial charge in [0.1, 0.15) is 0 Å². The maximum atomic E-state index is 12.1. The van der Waals surface area contributed by atoms with E-state index in [2.05, 4.69) is 36.9 Å². The van der Waals surface area contributed by atoms with Crippen LogP contribution in [0.2, 0.25) is 0 Å². The third kappa shape index (κ3) is 2.07. The van der Waals surface area contributed by atoms with Gasteiger partial charge < -0.3 is 4.74 Å². The van der Waals surface area contributed by atoms with E-state index in [1.165, 1.54) is 16.3 Å². The smallest absolute Gasteiger partial charge is 0.334 e. The lowest BCUT2D eigenvalue weighted by atomic mass is 9.98. The van der Waals surface area contributed by atoms with Crippen molar-refractivity contribution in [1.82, 2.24) is 0 Å².